The quantitative estimate of drug-likeness (QED) is 0.842. The van der Waals surface area contributed by atoms with Crippen molar-refractivity contribution < 1.29 is 0 Å². The Bertz CT molecular complexity index is 565. The van der Waals surface area contributed by atoms with Crippen molar-refractivity contribution in [3.8, 4) is 0 Å². The molecular weight excluding hydrogens is 208 g/mol. The lowest BCUT2D eigenvalue weighted by Crippen LogP contribution is -2.05. The summed E-state index contributed by atoms with van der Waals surface area (Å²) < 4.78 is 2.19. The maximum atomic E-state index is 5.85. The highest BCUT2D eigenvalue weighted by atomic mass is 14.9. The van der Waals surface area contributed by atoms with Crippen molar-refractivity contribution >= 4 is 10.9 Å². The van der Waals surface area contributed by atoms with Crippen molar-refractivity contribution in [3.63, 3.8) is 0 Å². The third kappa shape index (κ3) is 1.44. The predicted octanol–water partition coefficient (Wildman–Crippen LogP) is 2.88. The first-order chi connectivity index (χ1) is 8.05. The summed E-state index contributed by atoms with van der Waals surface area (Å²) >= 11 is 0. The van der Waals surface area contributed by atoms with Crippen LogP contribution in [-0.2, 0) is 7.05 Å². The minimum Gasteiger partial charge on any atom is -0.351 e. The van der Waals surface area contributed by atoms with E-state index in [9.17, 15) is 0 Å². The summed E-state index contributed by atoms with van der Waals surface area (Å²) in [7, 11) is 2.10. The van der Waals surface area contributed by atoms with Crippen LogP contribution in [0.1, 0.15) is 25.3 Å². The van der Waals surface area contributed by atoms with Gasteiger partial charge >= 0.3 is 0 Å². The molecule has 1 aliphatic carbocycles. The Morgan fingerprint density at radius 2 is 2.06 bits per heavy atom. The van der Waals surface area contributed by atoms with E-state index in [0.717, 1.165) is 6.54 Å². The molecule has 1 aliphatic rings. The van der Waals surface area contributed by atoms with Gasteiger partial charge < -0.3 is 10.3 Å². The van der Waals surface area contributed by atoms with Crippen LogP contribution in [0.4, 0.5) is 0 Å². The van der Waals surface area contributed by atoms with E-state index in [0.29, 0.717) is 17.3 Å². The monoisotopic (exact) mass is 228 g/mol. The van der Waals surface area contributed by atoms with Crippen molar-refractivity contribution in [2.75, 3.05) is 6.54 Å². The van der Waals surface area contributed by atoms with Crippen molar-refractivity contribution in [1.29, 1.82) is 0 Å². The average molecular weight is 228 g/mol. The highest BCUT2D eigenvalue weighted by molar-refractivity contribution is 5.81. The van der Waals surface area contributed by atoms with Crippen LogP contribution < -0.4 is 5.73 Å². The van der Waals surface area contributed by atoms with Gasteiger partial charge in [-0.2, -0.15) is 0 Å². The molecule has 0 aliphatic heterocycles. The number of aryl methyl sites for hydroxylation is 1. The zero-order valence-corrected chi connectivity index (χ0v) is 10.8. The number of aromatic nitrogens is 1. The van der Waals surface area contributed by atoms with E-state index in [1.54, 1.807) is 0 Å². The summed E-state index contributed by atoms with van der Waals surface area (Å²) in [5.41, 5.74) is 8.99. The van der Waals surface area contributed by atoms with Gasteiger partial charge in [0.2, 0.25) is 0 Å². The van der Waals surface area contributed by atoms with Gasteiger partial charge in [-0.25, -0.2) is 0 Å². The second-order valence-corrected chi connectivity index (χ2v) is 5.89. The fourth-order valence-electron chi connectivity index (χ4n) is 3.32. The van der Waals surface area contributed by atoms with E-state index in [4.69, 9.17) is 5.73 Å². The molecule has 17 heavy (non-hydrogen) atoms. The van der Waals surface area contributed by atoms with E-state index in [1.807, 2.05) is 0 Å². The summed E-state index contributed by atoms with van der Waals surface area (Å²) in [5.74, 6) is 1.27. The molecule has 2 N–H and O–H groups in total. The third-order valence-electron chi connectivity index (χ3n) is 4.58. The van der Waals surface area contributed by atoms with Gasteiger partial charge in [0, 0.05) is 18.8 Å². The molecule has 0 amide bonds. The first-order valence-corrected chi connectivity index (χ1v) is 6.30. The minimum absolute atomic E-state index is 0.369. The summed E-state index contributed by atoms with van der Waals surface area (Å²) in [5, 5.41) is 1.32. The van der Waals surface area contributed by atoms with Gasteiger partial charge in [0.1, 0.15) is 0 Å². The maximum absolute atomic E-state index is 5.85. The highest BCUT2D eigenvalue weighted by Gasteiger charge is 2.57. The molecule has 0 saturated heterocycles. The predicted molar refractivity (Wildman–Crippen MR) is 72.0 cm³/mol. The molecule has 1 heterocycles. The molecule has 2 atom stereocenters. The molecule has 1 saturated carbocycles. The van der Waals surface area contributed by atoms with Gasteiger partial charge in [0.15, 0.2) is 0 Å². The Morgan fingerprint density at radius 1 is 1.29 bits per heavy atom. The zero-order valence-electron chi connectivity index (χ0n) is 10.8. The Labute approximate surface area is 102 Å². The van der Waals surface area contributed by atoms with Crippen LogP contribution in [-0.4, -0.2) is 11.1 Å². The lowest BCUT2D eigenvalue weighted by atomic mass is 10.0. The summed E-state index contributed by atoms with van der Waals surface area (Å²) in [6.07, 6.45) is 2.12. The normalized spacial score (nSPS) is 26.4. The Morgan fingerprint density at radius 3 is 2.71 bits per heavy atom. The van der Waals surface area contributed by atoms with Crippen LogP contribution in [0.2, 0.25) is 0 Å². The summed E-state index contributed by atoms with van der Waals surface area (Å²) in [4.78, 5) is 0. The molecule has 90 valence electrons. The Balaban J connectivity index is 2.05. The molecule has 2 nitrogen and oxygen atoms in total. The molecule has 2 heteroatoms. The van der Waals surface area contributed by atoms with Crippen LogP contribution in [0.3, 0.4) is 0 Å². The van der Waals surface area contributed by atoms with Crippen LogP contribution >= 0.6 is 0 Å². The number of nitrogens with two attached hydrogens (primary N) is 1. The molecule has 0 bridgehead atoms. The van der Waals surface area contributed by atoms with Crippen molar-refractivity contribution in [2.45, 2.75) is 19.8 Å². The van der Waals surface area contributed by atoms with Crippen LogP contribution in [0.15, 0.2) is 30.5 Å². The molecule has 1 aromatic carbocycles. The standard InChI is InChI=1S/C15H20N2/c1-15(2)12(9-16)14(15)11-5-4-10-6-7-17(3)13(10)8-11/h4-8,12,14H,9,16H2,1-3H3/t12-,14-/m0/s1. The van der Waals surface area contributed by atoms with Crippen LogP contribution in [0.5, 0.6) is 0 Å². The second-order valence-electron chi connectivity index (χ2n) is 5.89. The second kappa shape index (κ2) is 3.36. The number of nitrogens with zero attached hydrogens (tertiary/aromatic N) is 1. The number of fused-ring (bicyclic) bond motifs is 1. The fraction of sp³-hybridized carbons (Fsp3) is 0.467. The van der Waals surface area contributed by atoms with E-state index in [1.165, 1.54) is 16.5 Å². The molecule has 2 aromatic rings. The Hall–Kier alpha value is -1.28. The van der Waals surface area contributed by atoms with Gasteiger partial charge in [-0.15, -0.1) is 0 Å². The van der Waals surface area contributed by atoms with Crippen molar-refractivity contribution in [1.82, 2.24) is 4.57 Å². The van der Waals surface area contributed by atoms with Gasteiger partial charge in [-0.3, -0.25) is 0 Å². The third-order valence-corrected chi connectivity index (χ3v) is 4.58. The molecule has 1 aromatic heterocycles. The smallest absolute Gasteiger partial charge is 0.0480 e. The van der Waals surface area contributed by atoms with Gasteiger partial charge in [0.05, 0.1) is 0 Å². The van der Waals surface area contributed by atoms with E-state index >= 15 is 0 Å². The number of hydrogen-bond acceptors (Lipinski definition) is 1. The maximum Gasteiger partial charge on any atom is 0.0480 e. The van der Waals surface area contributed by atoms with Gasteiger partial charge in [-0.1, -0.05) is 26.0 Å². The fourth-order valence-corrected chi connectivity index (χ4v) is 3.32. The summed E-state index contributed by atoms with van der Waals surface area (Å²) in [6, 6.07) is 8.99. The number of benzene rings is 1. The number of hydrogen-bond donors (Lipinski definition) is 1. The lowest BCUT2D eigenvalue weighted by molar-refractivity contribution is 0.558. The first-order valence-electron chi connectivity index (χ1n) is 6.30. The summed E-state index contributed by atoms with van der Waals surface area (Å²) in [6.45, 7) is 5.44. The highest BCUT2D eigenvalue weighted by Crippen LogP contribution is 2.63. The SMILES string of the molecule is Cn1ccc2ccc([C@H]3[C@H](CN)C3(C)C)cc21. The molecule has 0 unspecified atom stereocenters. The van der Waals surface area contributed by atoms with Crippen molar-refractivity contribution in [3.05, 3.63) is 36.0 Å². The van der Waals surface area contributed by atoms with E-state index in [2.05, 4.69) is 55.9 Å². The molecule has 3 rings (SSSR count). The molecule has 0 radical (unpaired) electrons. The van der Waals surface area contributed by atoms with Gasteiger partial charge in [-0.05, 0) is 46.9 Å². The van der Waals surface area contributed by atoms with Crippen LogP contribution in [0, 0.1) is 11.3 Å². The molecule has 0 spiro atoms. The largest absolute Gasteiger partial charge is 0.351 e. The first kappa shape index (κ1) is 10.8. The topological polar surface area (TPSA) is 30.9 Å². The molecular formula is C15H20N2. The van der Waals surface area contributed by atoms with Crippen LogP contribution in [0.25, 0.3) is 10.9 Å². The molecule has 1 fully saturated rings. The van der Waals surface area contributed by atoms with Gasteiger partial charge in [0.25, 0.3) is 0 Å². The lowest BCUT2D eigenvalue weighted by Gasteiger charge is -2.04. The zero-order chi connectivity index (χ0) is 12.2. The van der Waals surface area contributed by atoms with E-state index < -0.39 is 0 Å². The van der Waals surface area contributed by atoms with Crippen molar-refractivity contribution in [2.24, 2.45) is 24.1 Å². The average Bonchev–Trinajstić information content (AvgIpc) is 2.66. The number of rotatable bonds is 2. The minimum atomic E-state index is 0.369. The van der Waals surface area contributed by atoms with E-state index in [-0.39, 0.29) is 0 Å². The Kier molecular flexibility index (Phi) is 2.14.